The van der Waals surface area contributed by atoms with Crippen LogP contribution in [0.15, 0.2) is 29.1 Å². The van der Waals surface area contributed by atoms with E-state index in [1.165, 1.54) is 12.1 Å². The second-order valence-corrected chi connectivity index (χ2v) is 9.40. The smallest absolute Gasteiger partial charge is 0.349 e. The Morgan fingerprint density at radius 2 is 1.88 bits per heavy atom. The number of aromatic amines is 1. The molecule has 0 spiro atoms. The summed E-state index contributed by atoms with van der Waals surface area (Å²) in [7, 11) is 0. The normalized spacial score (nSPS) is 14.4. The lowest BCUT2D eigenvalue weighted by molar-refractivity contribution is -0.138. The third-order valence-corrected chi connectivity index (χ3v) is 7.20. The minimum Gasteiger partial charge on any atom is -0.451 e. The fourth-order valence-electron chi connectivity index (χ4n) is 4.32. The van der Waals surface area contributed by atoms with E-state index in [2.05, 4.69) is 9.97 Å². The third-order valence-electron chi connectivity index (χ3n) is 6.03. The van der Waals surface area contributed by atoms with Gasteiger partial charge in [-0.25, -0.2) is 14.2 Å². The summed E-state index contributed by atoms with van der Waals surface area (Å²) >= 11 is 1.09. The molecule has 0 atom stereocenters. The van der Waals surface area contributed by atoms with Crippen molar-refractivity contribution in [1.82, 2.24) is 14.9 Å². The van der Waals surface area contributed by atoms with Gasteiger partial charge in [0.15, 0.2) is 6.61 Å². The first-order valence-electron chi connectivity index (χ1n) is 11.0. The van der Waals surface area contributed by atoms with Crippen LogP contribution in [0, 0.1) is 19.7 Å². The van der Waals surface area contributed by atoms with Crippen LogP contribution in [0.3, 0.4) is 0 Å². The molecule has 0 bridgehead atoms. The number of hydrogen-bond acceptors (Lipinski definition) is 6. The largest absolute Gasteiger partial charge is 0.451 e. The first-order valence-corrected chi connectivity index (χ1v) is 11.9. The molecule has 0 radical (unpaired) electrons. The number of esters is 1. The molecule has 1 aliphatic rings. The van der Waals surface area contributed by atoms with Crippen LogP contribution in [0.1, 0.15) is 58.7 Å². The van der Waals surface area contributed by atoms with Gasteiger partial charge < -0.3 is 14.6 Å². The molecule has 3 aromatic rings. The van der Waals surface area contributed by atoms with Crippen molar-refractivity contribution in [3.8, 4) is 0 Å². The van der Waals surface area contributed by atoms with Crippen LogP contribution in [-0.4, -0.2) is 39.4 Å². The minimum atomic E-state index is -0.647. The van der Waals surface area contributed by atoms with Crippen LogP contribution < -0.4 is 5.56 Å². The monoisotopic (exact) mass is 471 g/mol. The van der Waals surface area contributed by atoms with Gasteiger partial charge in [-0.05, 0) is 49.9 Å². The van der Waals surface area contributed by atoms with Gasteiger partial charge in [0.2, 0.25) is 0 Å². The Morgan fingerprint density at radius 1 is 1.18 bits per heavy atom. The predicted octanol–water partition coefficient (Wildman–Crippen LogP) is 4.26. The molecular weight excluding hydrogens is 445 g/mol. The molecule has 1 saturated carbocycles. The Labute approximate surface area is 194 Å². The molecule has 0 saturated heterocycles. The van der Waals surface area contributed by atoms with E-state index in [1.807, 2.05) is 0 Å². The number of aryl methyl sites for hydroxylation is 2. The zero-order valence-electron chi connectivity index (χ0n) is 18.7. The topological polar surface area (TPSA) is 92.4 Å². The number of fused-ring (bicyclic) bond motifs is 1. The average Bonchev–Trinajstić information content (AvgIpc) is 3.13. The Morgan fingerprint density at radius 3 is 2.58 bits per heavy atom. The average molecular weight is 472 g/mol. The van der Waals surface area contributed by atoms with Crippen LogP contribution in [0.4, 0.5) is 4.39 Å². The zero-order chi connectivity index (χ0) is 23.5. The van der Waals surface area contributed by atoms with Crippen molar-refractivity contribution in [2.75, 3.05) is 6.61 Å². The molecular formula is C24H26FN3O4S. The molecule has 9 heteroatoms. The standard InChI is InChI=1S/C24H26FN3O4S/c1-14-20-22(30)26-15(2)27-23(20)33-21(14)24(31)32-13-19(29)28(18-6-4-3-5-7-18)12-16-8-10-17(25)11-9-16/h8-11,18H,3-7,12-13H2,1-2H3,(H,26,27,30). The lowest BCUT2D eigenvalue weighted by atomic mass is 9.93. The molecule has 1 amide bonds. The molecule has 33 heavy (non-hydrogen) atoms. The molecule has 1 fully saturated rings. The van der Waals surface area contributed by atoms with E-state index in [1.54, 1.807) is 30.9 Å². The van der Waals surface area contributed by atoms with Crippen molar-refractivity contribution in [3.05, 3.63) is 62.3 Å². The number of ether oxygens (including phenoxy) is 1. The number of thiophene rings is 1. The molecule has 1 aromatic carbocycles. The maximum atomic E-state index is 13.3. The second kappa shape index (κ2) is 9.82. The summed E-state index contributed by atoms with van der Waals surface area (Å²) in [4.78, 5) is 47.5. The number of benzene rings is 1. The van der Waals surface area contributed by atoms with Crippen molar-refractivity contribution < 1.29 is 18.7 Å². The van der Waals surface area contributed by atoms with Gasteiger partial charge in [0.1, 0.15) is 21.3 Å². The maximum absolute atomic E-state index is 13.3. The number of carbonyl (C=O) groups is 2. The van der Waals surface area contributed by atoms with E-state index in [9.17, 15) is 18.8 Å². The zero-order valence-corrected chi connectivity index (χ0v) is 19.5. The van der Waals surface area contributed by atoms with Gasteiger partial charge in [-0.1, -0.05) is 31.4 Å². The van der Waals surface area contributed by atoms with E-state index in [-0.39, 0.29) is 28.2 Å². The number of halogens is 1. The lowest BCUT2D eigenvalue weighted by Crippen LogP contribution is -2.43. The quantitative estimate of drug-likeness (QED) is 0.543. The van der Waals surface area contributed by atoms with E-state index in [0.29, 0.717) is 28.1 Å². The fraction of sp³-hybridized carbons (Fsp3) is 0.417. The van der Waals surface area contributed by atoms with Crippen LogP contribution >= 0.6 is 11.3 Å². The molecule has 2 heterocycles. The Balaban J connectivity index is 1.49. The van der Waals surface area contributed by atoms with Crippen LogP contribution in [-0.2, 0) is 16.1 Å². The van der Waals surface area contributed by atoms with Crippen molar-refractivity contribution in [1.29, 1.82) is 0 Å². The van der Waals surface area contributed by atoms with E-state index in [0.717, 1.165) is 49.0 Å². The summed E-state index contributed by atoms with van der Waals surface area (Å²) in [5.74, 6) is -0.797. The van der Waals surface area contributed by atoms with Crippen LogP contribution in [0.2, 0.25) is 0 Å². The van der Waals surface area contributed by atoms with Gasteiger partial charge >= 0.3 is 5.97 Å². The SMILES string of the molecule is Cc1nc2sc(C(=O)OCC(=O)N(Cc3ccc(F)cc3)C3CCCCC3)c(C)c2c(=O)[nH]1. The molecule has 7 nitrogen and oxygen atoms in total. The van der Waals surface area contributed by atoms with Crippen LogP contribution in [0.5, 0.6) is 0 Å². The highest BCUT2D eigenvalue weighted by Crippen LogP contribution is 2.28. The molecule has 174 valence electrons. The first-order chi connectivity index (χ1) is 15.8. The third kappa shape index (κ3) is 5.13. The molecule has 1 aliphatic carbocycles. The van der Waals surface area contributed by atoms with Crippen molar-refractivity contribution >= 4 is 33.4 Å². The van der Waals surface area contributed by atoms with Crippen LogP contribution in [0.25, 0.3) is 10.2 Å². The van der Waals surface area contributed by atoms with E-state index in [4.69, 9.17) is 4.74 Å². The predicted molar refractivity (Wildman–Crippen MR) is 124 cm³/mol. The van der Waals surface area contributed by atoms with E-state index < -0.39 is 12.6 Å². The highest BCUT2D eigenvalue weighted by atomic mass is 32.1. The van der Waals surface area contributed by atoms with E-state index >= 15 is 0 Å². The number of carbonyl (C=O) groups excluding carboxylic acids is 2. The summed E-state index contributed by atoms with van der Waals surface area (Å²) in [5, 5.41) is 0.365. The number of nitrogens with one attached hydrogen (secondary N) is 1. The Hall–Kier alpha value is -3.07. The molecule has 1 N–H and O–H groups in total. The number of nitrogens with zero attached hydrogens (tertiary/aromatic N) is 2. The van der Waals surface area contributed by atoms with Gasteiger partial charge in [0.25, 0.3) is 11.5 Å². The van der Waals surface area contributed by atoms with Crippen molar-refractivity contribution in [2.24, 2.45) is 0 Å². The first kappa shape index (κ1) is 23.1. The van der Waals surface area contributed by atoms with Gasteiger partial charge in [-0.3, -0.25) is 9.59 Å². The van der Waals surface area contributed by atoms with Crippen molar-refractivity contribution in [2.45, 2.75) is 58.5 Å². The van der Waals surface area contributed by atoms with Gasteiger partial charge in [0, 0.05) is 12.6 Å². The van der Waals surface area contributed by atoms with Crippen molar-refractivity contribution in [3.63, 3.8) is 0 Å². The summed E-state index contributed by atoms with van der Waals surface area (Å²) in [6.45, 7) is 3.29. The van der Waals surface area contributed by atoms with Gasteiger partial charge in [0.05, 0.1) is 5.39 Å². The number of amides is 1. The number of H-pyrrole nitrogens is 1. The summed E-state index contributed by atoms with van der Waals surface area (Å²) in [5.41, 5.74) is 1.02. The summed E-state index contributed by atoms with van der Waals surface area (Å²) in [6.07, 6.45) is 5.01. The Bertz CT molecular complexity index is 1230. The summed E-state index contributed by atoms with van der Waals surface area (Å²) < 4.78 is 18.7. The minimum absolute atomic E-state index is 0.0619. The molecule has 0 aliphatic heterocycles. The fourth-order valence-corrected chi connectivity index (χ4v) is 5.44. The highest BCUT2D eigenvalue weighted by molar-refractivity contribution is 7.20. The number of aromatic nitrogens is 2. The number of rotatable bonds is 6. The number of hydrogen-bond donors (Lipinski definition) is 1. The van der Waals surface area contributed by atoms with Gasteiger partial charge in [-0.15, -0.1) is 11.3 Å². The maximum Gasteiger partial charge on any atom is 0.349 e. The summed E-state index contributed by atoms with van der Waals surface area (Å²) in [6, 6.07) is 6.14. The molecule has 0 unspecified atom stereocenters. The van der Waals surface area contributed by atoms with Gasteiger partial charge in [-0.2, -0.15) is 0 Å². The molecule has 4 rings (SSSR count). The second-order valence-electron chi connectivity index (χ2n) is 8.40. The Kier molecular flexibility index (Phi) is 6.88. The molecule has 2 aromatic heterocycles. The highest BCUT2D eigenvalue weighted by Gasteiger charge is 2.27. The lowest BCUT2D eigenvalue weighted by Gasteiger charge is -2.34.